The van der Waals surface area contributed by atoms with Crippen molar-refractivity contribution in [2.75, 3.05) is 19.8 Å². The lowest BCUT2D eigenvalue weighted by molar-refractivity contribution is 0.0673. The molecule has 0 aliphatic carbocycles. The van der Waals surface area contributed by atoms with Crippen LogP contribution in [-0.4, -0.2) is 26.0 Å². The van der Waals surface area contributed by atoms with Crippen molar-refractivity contribution < 1.29 is 19.0 Å². The minimum absolute atomic E-state index is 0.238. The number of hydrogen-bond acceptors (Lipinski definition) is 4. The van der Waals surface area contributed by atoms with Crippen LogP contribution in [-0.2, 0) is 9.47 Å². The van der Waals surface area contributed by atoms with Gasteiger partial charge in [-0.3, -0.25) is 0 Å². The van der Waals surface area contributed by atoms with Crippen LogP contribution in [0.1, 0.15) is 19.8 Å². The molecule has 0 aliphatic rings. The van der Waals surface area contributed by atoms with Crippen molar-refractivity contribution in [2.45, 2.75) is 19.8 Å². The molecular formula is C19H21IO4. The normalized spacial score (nSPS) is 10.9. The second-order valence-corrected chi connectivity index (χ2v) is 6.13. The van der Waals surface area contributed by atoms with Crippen molar-refractivity contribution in [1.82, 2.24) is 0 Å². The zero-order chi connectivity index (χ0) is 17.2. The van der Waals surface area contributed by atoms with Crippen LogP contribution in [0, 0.1) is 3.57 Å². The molecule has 0 saturated carbocycles. The van der Waals surface area contributed by atoms with Crippen molar-refractivity contribution in [1.29, 1.82) is 0 Å². The highest BCUT2D eigenvalue weighted by molar-refractivity contribution is 14.1. The van der Waals surface area contributed by atoms with E-state index in [4.69, 9.17) is 9.47 Å². The number of carbonyl (C=O) groups is 1. The number of rotatable bonds is 8. The molecule has 2 rings (SSSR count). The van der Waals surface area contributed by atoms with Gasteiger partial charge in [0.15, 0.2) is 0 Å². The predicted octanol–water partition coefficient (Wildman–Crippen LogP) is 5.33. The second kappa shape index (κ2) is 10.2. The monoisotopic (exact) mass is 440 g/mol. The van der Waals surface area contributed by atoms with E-state index in [0.29, 0.717) is 13.2 Å². The minimum atomic E-state index is -0.628. The Morgan fingerprint density at radius 1 is 1.12 bits per heavy atom. The number of carbonyl (C=O) groups excluding carboxylic acids is 1. The first kappa shape index (κ1) is 18.6. The van der Waals surface area contributed by atoms with Gasteiger partial charge in [0.05, 0.1) is 16.8 Å². The van der Waals surface area contributed by atoms with E-state index in [-0.39, 0.29) is 6.61 Å². The first-order valence-electron chi connectivity index (χ1n) is 7.97. The van der Waals surface area contributed by atoms with E-state index in [1.165, 1.54) is 10.8 Å². The van der Waals surface area contributed by atoms with E-state index in [9.17, 15) is 4.79 Å². The highest BCUT2D eigenvalue weighted by Crippen LogP contribution is 2.29. The molecule has 2 aromatic rings. The maximum absolute atomic E-state index is 11.0. The van der Waals surface area contributed by atoms with Crippen molar-refractivity contribution in [2.24, 2.45) is 0 Å². The first-order valence-corrected chi connectivity index (χ1v) is 9.05. The number of fused-ring (bicyclic) bond motifs is 1. The van der Waals surface area contributed by atoms with E-state index in [2.05, 4.69) is 45.5 Å². The topological polar surface area (TPSA) is 44.8 Å². The van der Waals surface area contributed by atoms with E-state index < -0.39 is 6.16 Å². The molecule has 0 bridgehead atoms. The molecule has 0 N–H and O–H groups in total. The van der Waals surface area contributed by atoms with Crippen LogP contribution in [0.25, 0.3) is 10.8 Å². The molecule has 0 radical (unpaired) electrons. The fourth-order valence-electron chi connectivity index (χ4n) is 2.17. The van der Waals surface area contributed by atoms with Crippen LogP contribution in [0.5, 0.6) is 5.75 Å². The van der Waals surface area contributed by atoms with Crippen molar-refractivity contribution in [3.05, 3.63) is 52.1 Å². The summed E-state index contributed by atoms with van der Waals surface area (Å²) in [6.07, 6.45) is 4.94. The van der Waals surface area contributed by atoms with Crippen molar-refractivity contribution in [3.63, 3.8) is 0 Å². The van der Waals surface area contributed by atoms with E-state index in [1.54, 1.807) is 6.92 Å². The molecule has 0 aromatic heterocycles. The number of benzene rings is 2. The summed E-state index contributed by atoms with van der Waals surface area (Å²) < 4.78 is 16.5. The highest BCUT2D eigenvalue weighted by atomic mass is 127. The summed E-state index contributed by atoms with van der Waals surface area (Å²) >= 11 is 2.33. The fourth-order valence-corrected chi connectivity index (χ4v) is 3.00. The Kier molecular flexibility index (Phi) is 7.88. The Bertz CT molecular complexity index is 697. The largest absolute Gasteiger partial charge is 0.508 e. The average molecular weight is 440 g/mol. The Balaban J connectivity index is 1.69. The third-order valence-corrected chi connectivity index (χ3v) is 4.44. The predicted molar refractivity (Wildman–Crippen MR) is 104 cm³/mol. The fraction of sp³-hybridized carbons (Fsp3) is 0.316. The molecule has 0 amide bonds. The lowest BCUT2D eigenvalue weighted by Gasteiger charge is -2.10. The molecule has 4 nitrogen and oxygen atoms in total. The SMILES string of the molecule is CCOC(=O)OC/C=C/CCCOc1ccc2ccccc2c1I. The molecule has 0 unspecified atom stereocenters. The number of halogens is 1. The van der Waals surface area contributed by atoms with Gasteiger partial charge in [-0.05, 0) is 59.2 Å². The average Bonchev–Trinajstić information content (AvgIpc) is 2.59. The van der Waals surface area contributed by atoms with Crippen LogP contribution in [0.4, 0.5) is 4.79 Å². The summed E-state index contributed by atoms with van der Waals surface area (Å²) in [5.41, 5.74) is 0. The molecule has 0 saturated heterocycles. The van der Waals surface area contributed by atoms with Gasteiger partial charge >= 0.3 is 6.16 Å². The van der Waals surface area contributed by atoms with Gasteiger partial charge in [-0.15, -0.1) is 0 Å². The van der Waals surface area contributed by atoms with Crippen LogP contribution in [0.15, 0.2) is 48.6 Å². The zero-order valence-electron chi connectivity index (χ0n) is 13.7. The highest BCUT2D eigenvalue weighted by Gasteiger charge is 2.05. The van der Waals surface area contributed by atoms with Gasteiger partial charge in [0, 0.05) is 0 Å². The smallest absolute Gasteiger partial charge is 0.492 e. The first-order chi connectivity index (χ1) is 11.7. The summed E-state index contributed by atoms with van der Waals surface area (Å²) in [7, 11) is 0. The molecule has 0 spiro atoms. The summed E-state index contributed by atoms with van der Waals surface area (Å²) in [4.78, 5) is 11.0. The Labute approximate surface area is 155 Å². The van der Waals surface area contributed by atoms with E-state index in [0.717, 1.165) is 22.2 Å². The number of hydrogen-bond donors (Lipinski definition) is 0. The third kappa shape index (κ3) is 5.70. The standard InChI is InChI=1S/C19H21IO4/c1-2-22-19(21)24-14-8-4-3-7-13-23-17-12-11-15-9-5-6-10-16(15)18(17)20/h4-6,8-12H,2-3,7,13-14H2,1H3/b8-4+. The van der Waals surface area contributed by atoms with E-state index >= 15 is 0 Å². The molecule has 2 aromatic carbocycles. The Hall–Kier alpha value is -1.76. The molecule has 0 heterocycles. The number of ether oxygens (including phenoxy) is 3. The van der Waals surface area contributed by atoms with Crippen LogP contribution in [0.2, 0.25) is 0 Å². The number of unbranched alkanes of at least 4 members (excludes halogenated alkanes) is 1. The molecule has 0 aliphatic heterocycles. The second-order valence-electron chi connectivity index (χ2n) is 5.05. The van der Waals surface area contributed by atoms with E-state index in [1.807, 2.05) is 30.4 Å². The lowest BCUT2D eigenvalue weighted by Crippen LogP contribution is -2.06. The molecule has 0 atom stereocenters. The molecule has 24 heavy (non-hydrogen) atoms. The van der Waals surface area contributed by atoms with Gasteiger partial charge in [0.25, 0.3) is 0 Å². The Morgan fingerprint density at radius 2 is 1.96 bits per heavy atom. The summed E-state index contributed by atoms with van der Waals surface area (Å²) in [5, 5.41) is 2.44. The quantitative estimate of drug-likeness (QED) is 0.241. The maximum Gasteiger partial charge on any atom is 0.508 e. The molecule has 5 heteroatoms. The van der Waals surface area contributed by atoms with Crippen LogP contribution >= 0.6 is 22.6 Å². The summed E-state index contributed by atoms with van der Waals surface area (Å²) in [6, 6.07) is 12.4. The van der Waals surface area contributed by atoms with Gasteiger partial charge in [0.2, 0.25) is 0 Å². The van der Waals surface area contributed by atoms with Gasteiger partial charge in [-0.1, -0.05) is 42.5 Å². The number of allylic oxidation sites excluding steroid dienone is 1. The maximum atomic E-state index is 11.0. The summed E-state index contributed by atoms with van der Waals surface area (Å²) in [5.74, 6) is 0.920. The van der Waals surface area contributed by atoms with Gasteiger partial charge in [-0.25, -0.2) is 4.79 Å². The molecular weight excluding hydrogens is 419 g/mol. The molecule has 128 valence electrons. The van der Waals surface area contributed by atoms with Crippen molar-refractivity contribution >= 4 is 39.5 Å². The Morgan fingerprint density at radius 3 is 2.79 bits per heavy atom. The van der Waals surface area contributed by atoms with Gasteiger partial charge in [0.1, 0.15) is 12.4 Å². The van der Waals surface area contributed by atoms with Crippen LogP contribution in [0.3, 0.4) is 0 Å². The van der Waals surface area contributed by atoms with Crippen molar-refractivity contribution in [3.8, 4) is 5.75 Å². The molecule has 0 fully saturated rings. The summed E-state index contributed by atoms with van der Waals surface area (Å²) in [6.45, 7) is 2.96. The van der Waals surface area contributed by atoms with Gasteiger partial charge < -0.3 is 14.2 Å². The lowest BCUT2D eigenvalue weighted by atomic mass is 10.1. The minimum Gasteiger partial charge on any atom is -0.492 e. The third-order valence-electron chi connectivity index (χ3n) is 3.33. The van der Waals surface area contributed by atoms with Gasteiger partial charge in [-0.2, -0.15) is 0 Å². The van der Waals surface area contributed by atoms with Crippen LogP contribution < -0.4 is 4.74 Å². The zero-order valence-corrected chi connectivity index (χ0v) is 15.8.